The van der Waals surface area contributed by atoms with Gasteiger partial charge in [-0.2, -0.15) is 12.6 Å². The van der Waals surface area contributed by atoms with Crippen LogP contribution in [-0.2, 0) is 12.0 Å². The highest BCUT2D eigenvalue weighted by Gasteiger charge is 2.22. The van der Waals surface area contributed by atoms with Crippen molar-refractivity contribution in [2.45, 2.75) is 25.9 Å². The van der Waals surface area contributed by atoms with Gasteiger partial charge in [0.25, 0.3) is 5.91 Å². The maximum absolute atomic E-state index is 11.9. The first kappa shape index (κ1) is 20.1. The van der Waals surface area contributed by atoms with Crippen LogP contribution >= 0.6 is 12.6 Å². The van der Waals surface area contributed by atoms with Gasteiger partial charge in [-0.3, -0.25) is 4.79 Å². The SMILES string of the molecule is CC(C)(c1ccccc1)c1ccc(OCc2ccc(C(=O)NCCS)o2)cc1. The normalized spacial score (nSPS) is 11.2. The van der Waals surface area contributed by atoms with E-state index in [-0.39, 0.29) is 23.7 Å². The molecule has 0 fully saturated rings. The molecule has 0 saturated heterocycles. The van der Waals surface area contributed by atoms with E-state index in [4.69, 9.17) is 9.15 Å². The Kier molecular flexibility index (Phi) is 6.47. The lowest BCUT2D eigenvalue weighted by Crippen LogP contribution is -2.24. The summed E-state index contributed by atoms with van der Waals surface area (Å²) < 4.78 is 11.3. The summed E-state index contributed by atoms with van der Waals surface area (Å²) in [5, 5.41) is 2.72. The zero-order valence-electron chi connectivity index (χ0n) is 16.1. The van der Waals surface area contributed by atoms with Crippen LogP contribution in [0.25, 0.3) is 0 Å². The fourth-order valence-electron chi connectivity index (χ4n) is 2.98. The van der Waals surface area contributed by atoms with Crippen molar-refractivity contribution in [3.05, 3.63) is 89.4 Å². The van der Waals surface area contributed by atoms with Crippen LogP contribution in [0.1, 0.15) is 41.3 Å². The molecular formula is C23H25NO3S. The smallest absolute Gasteiger partial charge is 0.287 e. The lowest BCUT2D eigenvalue weighted by Gasteiger charge is -2.26. The minimum Gasteiger partial charge on any atom is -0.486 e. The number of rotatable bonds is 8. The van der Waals surface area contributed by atoms with Gasteiger partial charge in [0, 0.05) is 17.7 Å². The number of hydrogen-bond acceptors (Lipinski definition) is 4. The van der Waals surface area contributed by atoms with Gasteiger partial charge in [0.05, 0.1) is 0 Å². The average molecular weight is 396 g/mol. The standard InChI is InChI=1S/C23H25NO3S/c1-23(2,17-6-4-3-5-7-17)18-8-10-19(11-9-18)26-16-20-12-13-21(27-20)22(25)24-14-15-28/h3-13,28H,14-16H2,1-2H3,(H,24,25). The summed E-state index contributed by atoms with van der Waals surface area (Å²) in [5.41, 5.74) is 2.39. The molecule has 0 aliphatic heterocycles. The third kappa shape index (κ3) is 4.78. The fourth-order valence-corrected chi connectivity index (χ4v) is 3.09. The van der Waals surface area contributed by atoms with E-state index in [2.05, 4.69) is 68.2 Å². The Labute approximate surface area is 171 Å². The van der Waals surface area contributed by atoms with Crippen LogP contribution in [0, 0.1) is 0 Å². The van der Waals surface area contributed by atoms with Crippen molar-refractivity contribution in [1.29, 1.82) is 0 Å². The largest absolute Gasteiger partial charge is 0.486 e. The van der Waals surface area contributed by atoms with Gasteiger partial charge >= 0.3 is 0 Å². The molecule has 146 valence electrons. The van der Waals surface area contributed by atoms with Crippen molar-refractivity contribution in [3.63, 3.8) is 0 Å². The molecule has 0 atom stereocenters. The van der Waals surface area contributed by atoms with Gasteiger partial charge < -0.3 is 14.5 Å². The molecule has 1 aromatic heterocycles. The predicted octanol–water partition coefficient (Wildman–Crippen LogP) is 4.84. The molecule has 0 aliphatic rings. The van der Waals surface area contributed by atoms with Crippen LogP contribution in [-0.4, -0.2) is 18.2 Å². The summed E-state index contributed by atoms with van der Waals surface area (Å²) >= 11 is 4.07. The molecule has 0 radical (unpaired) electrons. The van der Waals surface area contributed by atoms with Gasteiger partial charge in [-0.25, -0.2) is 0 Å². The highest BCUT2D eigenvalue weighted by atomic mass is 32.1. The van der Waals surface area contributed by atoms with Crippen LogP contribution in [0.4, 0.5) is 0 Å². The molecule has 0 saturated carbocycles. The third-order valence-corrected chi connectivity index (χ3v) is 4.96. The number of nitrogens with one attached hydrogen (secondary N) is 1. The Morgan fingerprint density at radius 3 is 2.36 bits per heavy atom. The van der Waals surface area contributed by atoms with Gasteiger partial charge in [-0.05, 0) is 35.4 Å². The van der Waals surface area contributed by atoms with Crippen LogP contribution in [0.2, 0.25) is 0 Å². The molecule has 3 aromatic rings. The Morgan fingerprint density at radius 1 is 1.00 bits per heavy atom. The number of furan rings is 1. The van der Waals surface area contributed by atoms with E-state index in [1.165, 1.54) is 11.1 Å². The second-order valence-corrected chi connectivity index (χ2v) is 7.50. The first-order valence-corrected chi connectivity index (χ1v) is 9.90. The Balaban J connectivity index is 1.61. The molecule has 3 rings (SSSR count). The summed E-state index contributed by atoms with van der Waals surface area (Å²) in [6.07, 6.45) is 0. The topological polar surface area (TPSA) is 51.5 Å². The first-order chi connectivity index (χ1) is 13.5. The third-order valence-electron chi connectivity index (χ3n) is 4.74. The Hall–Kier alpha value is -2.66. The van der Waals surface area contributed by atoms with E-state index >= 15 is 0 Å². The minimum absolute atomic E-state index is 0.0872. The first-order valence-electron chi connectivity index (χ1n) is 9.27. The highest BCUT2D eigenvalue weighted by Crippen LogP contribution is 2.32. The van der Waals surface area contributed by atoms with Crippen molar-refractivity contribution in [2.24, 2.45) is 0 Å². The molecular weight excluding hydrogens is 370 g/mol. The van der Waals surface area contributed by atoms with Crippen molar-refractivity contribution in [2.75, 3.05) is 12.3 Å². The van der Waals surface area contributed by atoms with Gasteiger partial charge in [0.1, 0.15) is 18.1 Å². The number of benzene rings is 2. The lowest BCUT2D eigenvalue weighted by molar-refractivity contribution is 0.0924. The molecule has 5 heteroatoms. The molecule has 1 heterocycles. The molecule has 4 nitrogen and oxygen atoms in total. The van der Waals surface area contributed by atoms with Crippen molar-refractivity contribution in [3.8, 4) is 5.75 Å². The molecule has 0 spiro atoms. The summed E-state index contributed by atoms with van der Waals surface area (Å²) in [6, 6.07) is 21.9. The summed E-state index contributed by atoms with van der Waals surface area (Å²) in [6.45, 7) is 5.18. The average Bonchev–Trinajstić information content (AvgIpc) is 3.20. The van der Waals surface area contributed by atoms with E-state index in [0.29, 0.717) is 18.1 Å². The Morgan fingerprint density at radius 2 is 1.68 bits per heavy atom. The van der Waals surface area contributed by atoms with Gasteiger partial charge in [-0.1, -0.05) is 56.3 Å². The zero-order chi connectivity index (χ0) is 20.0. The van der Waals surface area contributed by atoms with Crippen LogP contribution in [0.15, 0.2) is 71.1 Å². The zero-order valence-corrected chi connectivity index (χ0v) is 17.0. The number of amides is 1. The van der Waals surface area contributed by atoms with Crippen molar-refractivity contribution in [1.82, 2.24) is 5.32 Å². The molecule has 0 aliphatic carbocycles. The monoisotopic (exact) mass is 395 g/mol. The number of carbonyl (C=O) groups is 1. The number of hydrogen-bond donors (Lipinski definition) is 2. The van der Waals surface area contributed by atoms with Crippen LogP contribution < -0.4 is 10.1 Å². The molecule has 2 aromatic carbocycles. The molecule has 0 bridgehead atoms. The molecule has 28 heavy (non-hydrogen) atoms. The van der Waals surface area contributed by atoms with Crippen molar-refractivity contribution >= 4 is 18.5 Å². The molecule has 0 unspecified atom stereocenters. The fraction of sp³-hybridized carbons (Fsp3) is 0.261. The van der Waals surface area contributed by atoms with E-state index < -0.39 is 0 Å². The van der Waals surface area contributed by atoms with E-state index in [1.54, 1.807) is 12.1 Å². The number of ether oxygens (including phenoxy) is 1. The number of thiol groups is 1. The van der Waals surface area contributed by atoms with Gasteiger partial charge in [0.15, 0.2) is 5.76 Å². The van der Waals surface area contributed by atoms with Crippen LogP contribution in [0.5, 0.6) is 5.75 Å². The summed E-state index contributed by atoms with van der Waals surface area (Å²) in [5.74, 6) is 1.97. The maximum Gasteiger partial charge on any atom is 0.287 e. The van der Waals surface area contributed by atoms with Gasteiger partial charge in [0.2, 0.25) is 0 Å². The van der Waals surface area contributed by atoms with Crippen molar-refractivity contribution < 1.29 is 13.9 Å². The van der Waals surface area contributed by atoms with E-state index in [9.17, 15) is 4.79 Å². The number of carbonyl (C=O) groups excluding carboxylic acids is 1. The summed E-state index contributed by atoms with van der Waals surface area (Å²) in [4.78, 5) is 11.9. The van der Waals surface area contributed by atoms with Gasteiger partial charge in [-0.15, -0.1) is 0 Å². The minimum atomic E-state index is -0.243. The summed E-state index contributed by atoms with van der Waals surface area (Å²) in [7, 11) is 0. The lowest BCUT2D eigenvalue weighted by atomic mass is 9.78. The Bertz CT molecular complexity index is 901. The highest BCUT2D eigenvalue weighted by molar-refractivity contribution is 7.80. The van der Waals surface area contributed by atoms with E-state index in [0.717, 1.165) is 5.75 Å². The second-order valence-electron chi connectivity index (χ2n) is 7.05. The maximum atomic E-state index is 11.9. The quantitative estimate of drug-likeness (QED) is 0.537. The molecule has 1 N–H and O–H groups in total. The van der Waals surface area contributed by atoms with Crippen LogP contribution in [0.3, 0.4) is 0 Å². The second kappa shape index (κ2) is 9.02. The van der Waals surface area contributed by atoms with E-state index in [1.807, 2.05) is 18.2 Å². The predicted molar refractivity (Wildman–Crippen MR) is 114 cm³/mol. The molecule has 1 amide bonds.